The molecule has 0 saturated heterocycles. The summed E-state index contributed by atoms with van der Waals surface area (Å²) in [5.74, 6) is 0.505. The van der Waals surface area contributed by atoms with E-state index in [-0.39, 0.29) is 0 Å². The van der Waals surface area contributed by atoms with Gasteiger partial charge in [-0.25, -0.2) is 0 Å². The molecule has 0 aliphatic carbocycles. The Kier molecular flexibility index (Phi) is 3.42. The van der Waals surface area contributed by atoms with Crippen molar-refractivity contribution in [3.63, 3.8) is 0 Å². The van der Waals surface area contributed by atoms with E-state index in [1.807, 2.05) is 25.3 Å². The molecular weight excluding hydrogens is 302 g/mol. The third-order valence-electron chi connectivity index (χ3n) is 3.48. The molecule has 1 aromatic heterocycles. The number of rotatable bonds is 1. The Morgan fingerprint density at radius 3 is 2.32 bits per heavy atom. The molecule has 2 aromatic rings. The third kappa shape index (κ3) is 2.04. The lowest BCUT2D eigenvalue weighted by molar-refractivity contribution is 0.994. The maximum atomic E-state index is 9.21. The van der Waals surface area contributed by atoms with Gasteiger partial charge in [-0.05, 0) is 66.4 Å². The molecule has 0 amide bonds. The molecule has 0 atom stereocenters. The fraction of sp³-hybridized carbons (Fsp3) is 0.267. The van der Waals surface area contributed by atoms with Crippen molar-refractivity contribution in [3.8, 4) is 11.8 Å². The Hall–Kier alpha value is -1.73. The van der Waals surface area contributed by atoms with E-state index in [0.717, 1.165) is 27.0 Å². The number of hydrogen-bond acceptors (Lipinski definition) is 2. The van der Waals surface area contributed by atoms with Crippen LogP contribution in [0.1, 0.15) is 27.9 Å². The molecule has 2 rings (SSSR count). The second kappa shape index (κ2) is 4.75. The number of aromatic nitrogens is 1. The predicted octanol–water partition coefficient (Wildman–Crippen LogP) is 3.93. The van der Waals surface area contributed by atoms with Crippen LogP contribution in [0.2, 0.25) is 0 Å². The minimum Gasteiger partial charge on any atom is -0.384 e. The van der Waals surface area contributed by atoms with Crippen molar-refractivity contribution in [1.29, 1.82) is 5.26 Å². The van der Waals surface area contributed by atoms with Crippen molar-refractivity contribution in [2.45, 2.75) is 27.7 Å². The third-order valence-corrected chi connectivity index (χ3v) is 4.09. The Morgan fingerprint density at radius 1 is 1.21 bits per heavy atom. The van der Waals surface area contributed by atoms with Crippen molar-refractivity contribution in [1.82, 2.24) is 4.57 Å². The van der Waals surface area contributed by atoms with Crippen LogP contribution in [-0.4, -0.2) is 4.57 Å². The Bertz CT molecular complexity index is 682. The number of halogens is 1. The van der Waals surface area contributed by atoms with Crippen LogP contribution < -0.4 is 5.73 Å². The minimum absolute atomic E-state index is 0.505. The molecule has 1 heterocycles. The molecule has 98 valence electrons. The van der Waals surface area contributed by atoms with Crippen molar-refractivity contribution in [2.75, 3.05) is 5.73 Å². The Morgan fingerprint density at radius 2 is 1.84 bits per heavy atom. The zero-order valence-corrected chi connectivity index (χ0v) is 13.1. The standard InChI is InChI=1S/C15H16BrN3/c1-8-5-9(2)14(13(16)6-8)19-11(4)10(3)12(7-17)15(19)18/h5-6H,18H2,1-4H3. The van der Waals surface area contributed by atoms with Crippen molar-refractivity contribution in [2.24, 2.45) is 0 Å². The first-order chi connectivity index (χ1) is 8.88. The van der Waals surface area contributed by atoms with Crippen LogP contribution in [0.3, 0.4) is 0 Å². The van der Waals surface area contributed by atoms with Crippen LogP contribution >= 0.6 is 15.9 Å². The van der Waals surface area contributed by atoms with Gasteiger partial charge in [-0.1, -0.05) is 6.07 Å². The van der Waals surface area contributed by atoms with Gasteiger partial charge >= 0.3 is 0 Å². The summed E-state index contributed by atoms with van der Waals surface area (Å²) in [7, 11) is 0. The quantitative estimate of drug-likeness (QED) is 0.866. The van der Waals surface area contributed by atoms with E-state index in [9.17, 15) is 5.26 Å². The van der Waals surface area contributed by atoms with E-state index in [0.29, 0.717) is 11.4 Å². The highest BCUT2D eigenvalue weighted by atomic mass is 79.9. The van der Waals surface area contributed by atoms with Crippen molar-refractivity contribution >= 4 is 21.7 Å². The first-order valence-corrected chi connectivity index (χ1v) is 6.82. The summed E-state index contributed by atoms with van der Waals surface area (Å²) >= 11 is 3.60. The molecule has 0 fully saturated rings. The number of aryl methyl sites for hydroxylation is 2. The van der Waals surface area contributed by atoms with E-state index < -0.39 is 0 Å². The Balaban J connectivity index is 2.85. The maximum Gasteiger partial charge on any atom is 0.126 e. The van der Waals surface area contributed by atoms with Crippen LogP contribution in [0.15, 0.2) is 16.6 Å². The molecule has 0 bridgehead atoms. The van der Waals surface area contributed by atoms with Gasteiger partial charge in [-0.15, -0.1) is 0 Å². The number of benzene rings is 1. The summed E-state index contributed by atoms with van der Waals surface area (Å²) in [5.41, 5.74) is 12.0. The average Bonchev–Trinajstić information content (AvgIpc) is 2.52. The summed E-state index contributed by atoms with van der Waals surface area (Å²) in [5, 5.41) is 9.21. The minimum atomic E-state index is 0.505. The molecule has 1 aromatic carbocycles. The maximum absolute atomic E-state index is 9.21. The van der Waals surface area contributed by atoms with Gasteiger partial charge in [0.2, 0.25) is 0 Å². The molecule has 2 N–H and O–H groups in total. The number of nitrogens with two attached hydrogens (primary N) is 1. The smallest absolute Gasteiger partial charge is 0.126 e. The summed E-state index contributed by atoms with van der Waals surface area (Å²) in [6.45, 7) is 8.02. The van der Waals surface area contributed by atoms with E-state index in [1.165, 1.54) is 5.56 Å². The molecule has 0 saturated carbocycles. The number of nitriles is 1. The van der Waals surface area contributed by atoms with E-state index >= 15 is 0 Å². The first-order valence-electron chi connectivity index (χ1n) is 6.03. The Labute approximate surface area is 121 Å². The molecule has 0 radical (unpaired) electrons. The molecule has 0 aliphatic rings. The molecule has 3 nitrogen and oxygen atoms in total. The molecule has 4 heteroatoms. The zero-order chi connectivity index (χ0) is 14.3. The van der Waals surface area contributed by atoms with Crippen LogP contribution in [0.5, 0.6) is 0 Å². The van der Waals surface area contributed by atoms with Gasteiger partial charge < -0.3 is 5.73 Å². The fourth-order valence-corrected chi connectivity index (χ4v) is 3.30. The summed E-state index contributed by atoms with van der Waals surface area (Å²) in [4.78, 5) is 0. The lowest BCUT2D eigenvalue weighted by Crippen LogP contribution is -2.05. The fourth-order valence-electron chi connectivity index (χ4n) is 2.45. The van der Waals surface area contributed by atoms with E-state index in [1.54, 1.807) is 0 Å². The second-order valence-corrected chi connectivity index (χ2v) is 5.68. The molecule has 0 spiro atoms. The topological polar surface area (TPSA) is 54.7 Å². The number of nitrogens with zero attached hydrogens (tertiary/aromatic N) is 2. The van der Waals surface area contributed by atoms with Gasteiger partial charge in [0, 0.05) is 10.2 Å². The highest BCUT2D eigenvalue weighted by molar-refractivity contribution is 9.10. The first kappa shape index (κ1) is 13.7. The van der Waals surface area contributed by atoms with Crippen LogP contribution in [0.4, 0.5) is 5.82 Å². The van der Waals surface area contributed by atoms with Crippen molar-refractivity contribution < 1.29 is 0 Å². The average molecular weight is 318 g/mol. The van der Waals surface area contributed by atoms with Crippen LogP contribution in [-0.2, 0) is 0 Å². The number of anilines is 1. The lowest BCUT2D eigenvalue weighted by Gasteiger charge is -2.15. The van der Waals surface area contributed by atoms with E-state index in [4.69, 9.17) is 5.73 Å². The number of nitrogen functional groups attached to an aromatic ring is 1. The van der Waals surface area contributed by atoms with Gasteiger partial charge in [0.05, 0.1) is 11.3 Å². The van der Waals surface area contributed by atoms with Gasteiger partial charge in [0.25, 0.3) is 0 Å². The van der Waals surface area contributed by atoms with Crippen molar-refractivity contribution in [3.05, 3.63) is 44.6 Å². The zero-order valence-electron chi connectivity index (χ0n) is 11.5. The van der Waals surface area contributed by atoms with Gasteiger partial charge in [0.1, 0.15) is 11.9 Å². The van der Waals surface area contributed by atoms with Crippen LogP contribution in [0, 0.1) is 39.0 Å². The molecule has 0 unspecified atom stereocenters. The molecule has 0 aliphatic heterocycles. The lowest BCUT2D eigenvalue weighted by atomic mass is 10.1. The predicted molar refractivity (Wildman–Crippen MR) is 81.5 cm³/mol. The van der Waals surface area contributed by atoms with Gasteiger partial charge in [-0.2, -0.15) is 5.26 Å². The molecule has 19 heavy (non-hydrogen) atoms. The largest absolute Gasteiger partial charge is 0.384 e. The highest BCUT2D eigenvalue weighted by Gasteiger charge is 2.19. The van der Waals surface area contributed by atoms with E-state index in [2.05, 4.69) is 41.1 Å². The second-order valence-electron chi connectivity index (χ2n) is 4.83. The van der Waals surface area contributed by atoms with Gasteiger partial charge in [-0.3, -0.25) is 4.57 Å². The van der Waals surface area contributed by atoms with Crippen LogP contribution in [0.25, 0.3) is 5.69 Å². The summed E-state index contributed by atoms with van der Waals surface area (Å²) in [6.07, 6.45) is 0. The summed E-state index contributed by atoms with van der Waals surface area (Å²) < 4.78 is 2.94. The summed E-state index contributed by atoms with van der Waals surface area (Å²) in [6, 6.07) is 6.35. The molecular formula is C15H16BrN3. The number of hydrogen-bond donors (Lipinski definition) is 1. The highest BCUT2D eigenvalue weighted by Crippen LogP contribution is 2.33. The monoisotopic (exact) mass is 317 g/mol. The normalized spacial score (nSPS) is 10.5. The van der Waals surface area contributed by atoms with Gasteiger partial charge in [0.15, 0.2) is 0 Å². The SMILES string of the molecule is Cc1cc(C)c(-n2c(C)c(C)c(C#N)c2N)c(Br)c1.